The Labute approximate surface area is 195 Å². The Morgan fingerprint density at radius 1 is 1.12 bits per heavy atom. The smallest absolute Gasteiger partial charge is 0.407 e. The van der Waals surface area contributed by atoms with E-state index < -0.39 is 11.9 Å². The van der Waals surface area contributed by atoms with Gasteiger partial charge in [0.2, 0.25) is 0 Å². The lowest BCUT2D eigenvalue weighted by molar-refractivity contribution is 0.126. The molecule has 0 aliphatic heterocycles. The number of benzene rings is 2. The molecule has 3 aromatic rings. The fraction of sp³-hybridized carbons (Fsp3) is 0.348. The van der Waals surface area contributed by atoms with E-state index in [9.17, 15) is 9.18 Å². The summed E-state index contributed by atoms with van der Waals surface area (Å²) < 4.78 is 30.9. The Morgan fingerprint density at radius 2 is 1.91 bits per heavy atom. The van der Waals surface area contributed by atoms with Gasteiger partial charge < -0.3 is 24.8 Å². The summed E-state index contributed by atoms with van der Waals surface area (Å²) in [5, 5.41) is 6.49. The highest BCUT2D eigenvalue weighted by molar-refractivity contribution is 6.31. The summed E-state index contributed by atoms with van der Waals surface area (Å²) in [5.74, 6) is 0.933. The summed E-state index contributed by atoms with van der Waals surface area (Å²) >= 11 is 5.90. The summed E-state index contributed by atoms with van der Waals surface area (Å²) in [7, 11) is 2.91. The minimum absolute atomic E-state index is 0.0151. The lowest BCUT2D eigenvalue weighted by Gasteiger charge is -2.29. The lowest BCUT2D eigenvalue weighted by Crippen LogP contribution is -2.39. The highest BCUT2D eigenvalue weighted by atomic mass is 35.5. The van der Waals surface area contributed by atoms with Gasteiger partial charge in [-0.3, -0.25) is 0 Å². The highest BCUT2D eigenvalue weighted by Gasteiger charge is 2.25. The van der Waals surface area contributed by atoms with Crippen molar-refractivity contribution in [2.24, 2.45) is 0 Å². The Balaban J connectivity index is 1.57. The number of carbonyl (C=O) groups is 1. The first-order valence-electron chi connectivity index (χ1n) is 10.5. The molecule has 1 amide bonds. The molecular weight excluding hydrogens is 451 g/mol. The number of fused-ring (bicyclic) bond motifs is 1. The van der Waals surface area contributed by atoms with Gasteiger partial charge in [0.25, 0.3) is 0 Å². The van der Waals surface area contributed by atoms with Crippen LogP contribution in [0.15, 0.2) is 36.7 Å². The van der Waals surface area contributed by atoms with Gasteiger partial charge in [-0.1, -0.05) is 17.7 Å². The van der Waals surface area contributed by atoms with Crippen molar-refractivity contribution in [3.05, 3.63) is 47.5 Å². The number of aromatic nitrogens is 2. The van der Waals surface area contributed by atoms with Crippen LogP contribution in [-0.4, -0.2) is 42.4 Å². The molecule has 1 aromatic heterocycles. The van der Waals surface area contributed by atoms with Crippen LogP contribution in [0.3, 0.4) is 0 Å². The van der Waals surface area contributed by atoms with Crippen molar-refractivity contribution in [2.75, 3.05) is 19.5 Å². The van der Waals surface area contributed by atoms with Gasteiger partial charge in [-0.2, -0.15) is 0 Å². The Kier molecular flexibility index (Phi) is 6.98. The first-order chi connectivity index (χ1) is 16.0. The molecule has 0 unspecified atom stereocenters. The van der Waals surface area contributed by atoms with Crippen LogP contribution in [-0.2, 0) is 4.74 Å². The van der Waals surface area contributed by atoms with E-state index in [2.05, 4.69) is 25.3 Å². The van der Waals surface area contributed by atoms with Gasteiger partial charge in [-0.05, 0) is 43.9 Å². The van der Waals surface area contributed by atoms with Gasteiger partial charge in [0.1, 0.15) is 12.1 Å². The Hall–Kier alpha value is -3.33. The number of nitrogens with one attached hydrogen (secondary N) is 2. The molecular formula is C23H24ClFN4O4. The number of ether oxygens (including phenoxy) is 3. The van der Waals surface area contributed by atoms with E-state index in [1.54, 1.807) is 31.4 Å². The molecule has 0 atom stereocenters. The number of carbonyl (C=O) groups excluding carboxylic acids is 1. The fourth-order valence-electron chi connectivity index (χ4n) is 3.87. The van der Waals surface area contributed by atoms with E-state index in [1.807, 2.05) is 0 Å². The first-order valence-corrected chi connectivity index (χ1v) is 10.9. The molecule has 33 heavy (non-hydrogen) atoms. The second-order valence-corrected chi connectivity index (χ2v) is 8.10. The fourth-order valence-corrected chi connectivity index (χ4v) is 4.05. The topological polar surface area (TPSA) is 94.6 Å². The number of hydrogen-bond donors (Lipinski definition) is 2. The van der Waals surface area contributed by atoms with Gasteiger partial charge in [0.05, 0.1) is 36.6 Å². The minimum atomic E-state index is -0.562. The third-order valence-electron chi connectivity index (χ3n) is 5.60. The van der Waals surface area contributed by atoms with E-state index in [1.165, 1.54) is 19.5 Å². The van der Waals surface area contributed by atoms with Gasteiger partial charge in [-0.15, -0.1) is 0 Å². The molecule has 2 aromatic carbocycles. The maximum Gasteiger partial charge on any atom is 0.407 e. The Morgan fingerprint density at radius 3 is 2.64 bits per heavy atom. The normalized spacial score (nSPS) is 17.9. The Bertz CT molecular complexity index is 1150. The van der Waals surface area contributed by atoms with Crippen LogP contribution in [0.5, 0.6) is 11.5 Å². The van der Waals surface area contributed by atoms with E-state index in [4.69, 9.17) is 21.1 Å². The molecule has 4 rings (SSSR count). The van der Waals surface area contributed by atoms with Crippen molar-refractivity contribution in [3.8, 4) is 11.5 Å². The molecule has 1 aliphatic rings. The molecule has 1 fully saturated rings. The van der Waals surface area contributed by atoms with Crippen molar-refractivity contribution in [2.45, 2.75) is 37.8 Å². The third-order valence-corrected chi connectivity index (χ3v) is 5.89. The molecule has 174 valence electrons. The monoisotopic (exact) mass is 474 g/mol. The van der Waals surface area contributed by atoms with Crippen molar-refractivity contribution < 1.29 is 23.4 Å². The average molecular weight is 475 g/mol. The lowest BCUT2D eigenvalue weighted by atomic mass is 9.93. The molecule has 1 aliphatic carbocycles. The number of halogens is 2. The maximum absolute atomic E-state index is 14.4. The molecule has 1 heterocycles. The number of rotatable bonds is 6. The number of alkyl carbamates (subject to hydrolysis) is 1. The van der Waals surface area contributed by atoms with E-state index in [-0.39, 0.29) is 22.9 Å². The predicted octanol–water partition coefficient (Wildman–Crippen LogP) is 5.22. The van der Waals surface area contributed by atoms with E-state index in [0.29, 0.717) is 28.2 Å². The zero-order valence-corrected chi connectivity index (χ0v) is 19.0. The van der Waals surface area contributed by atoms with Crippen molar-refractivity contribution in [1.82, 2.24) is 15.3 Å². The number of methoxy groups -OCH3 is 2. The molecule has 10 heteroatoms. The molecule has 0 saturated heterocycles. The summed E-state index contributed by atoms with van der Waals surface area (Å²) in [6.07, 6.45) is 4.01. The average Bonchev–Trinajstić information content (AvgIpc) is 2.83. The summed E-state index contributed by atoms with van der Waals surface area (Å²) in [5.41, 5.74) is 0.822. The van der Waals surface area contributed by atoms with Crippen LogP contribution in [0.25, 0.3) is 10.9 Å². The van der Waals surface area contributed by atoms with Gasteiger partial charge >= 0.3 is 6.09 Å². The first kappa shape index (κ1) is 22.8. The van der Waals surface area contributed by atoms with Crippen LogP contribution in [0.2, 0.25) is 5.02 Å². The second kappa shape index (κ2) is 10.1. The van der Waals surface area contributed by atoms with E-state index >= 15 is 0 Å². The summed E-state index contributed by atoms with van der Waals surface area (Å²) in [6.45, 7) is 0. The van der Waals surface area contributed by atoms with Crippen LogP contribution in [0.4, 0.5) is 20.7 Å². The largest absolute Gasteiger partial charge is 0.493 e. The van der Waals surface area contributed by atoms with Gasteiger partial charge in [0, 0.05) is 17.5 Å². The van der Waals surface area contributed by atoms with Crippen LogP contribution in [0, 0.1) is 5.82 Å². The SMILES string of the molecule is COC(=O)NC1CCC(Oc2cc3c(Nc4cccc(Cl)c4F)ncnc3cc2OC)CC1. The zero-order chi connectivity index (χ0) is 23.4. The van der Waals surface area contributed by atoms with Crippen molar-refractivity contribution >= 4 is 40.1 Å². The van der Waals surface area contributed by atoms with Crippen LogP contribution in [0.1, 0.15) is 25.7 Å². The number of nitrogens with zero attached hydrogens (tertiary/aromatic N) is 2. The van der Waals surface area contributed by atoms with Crippen LogP contribution < -0.4 is 20.1 Å². The number of amides is 1. The summed E-state index contributed by atoms with van der Waals surface area (Å²) in [6, 6.07) is 8.32. The molecule has 0 radical (unpaired) electrons. The number of hydrogen-bond acceptors (Lipinski definition) is 7. The van der Waals surface area contributed by atoms with Crippen LogP contribution >= 0.6 is 11.6 Å². The third kappa shape index (κ3) is 5.19. The highest BCUT2D eigenvalue weighted by Crippen LogP contribution is 2.37. The quantitative estimate of drug-likeness (QED) is 0.505. The summed E-state index contributed by atoms with van der Waals surface area (Å²) in [4.78, 5) is 20.0. The van der Waals surface area contributed by atoms with Gasteiger partial charge in [0.15, 0.2) is 17.3 Å². The molecule has 0 spiro atoms. The van der Waals surface area contributed by atoms with E-state index in [0.717, 1.165) is 25.7 Å². The maximum atomic E-state index is 14.4. The zero-order valence-electron chi connectivity index (χ0n) is 18.2. The number of anilines is 2. The minimum Gasteiger partial charge on any atom is -0.493 e. The molecule has 8 nitrogen and oxygen atoms in total. The predicted molar refractivity (Wildman–Crippen MR) is 123 cm³/mol. The standard InChI is InChI=1S/C23H24ClFN4O4/c1-31-19-11-18-15(22(27-12-26-18)29-17-5-3-4-16(24)21(17)25)10-20(19)33-14-8-6-13(7-9-14)28-23(30)32-2/h3-5,10-14H,6-9H2,1-2H3,(H,28,30)(H,26,27,29). The van der Waals surface area contributed by atoms with Crippen molar-refractivity contribution in [1.29, 1.82) is 0 Å². The van der Waals surface area contributed by atoms with Crippen molar-refractivity contribution in [3.63, 3.8) is 0 Å². The molecule has 1 saturated carbocycles. The molecule has 0 bridgehead atoms. The second-order valence-electron chi connectivity index (χ2n) is 7.70. The molecule has 2 N–H and O–H groups in total. The van der Waals surface area contributed by atoms with Gasteiger partial charge in [-0.25, -0.2) is 19.2 Å².